The van der Waals surface area contributed by atoms with Crippen molar-refractivity contribution in [3.8, 4) is 0 Å². The Hall–Kier alpha value is -2.07. The molecule has 1 aromatic carbocycles. The van der Waals surface area contributed by atoms with Crippen LogP contribution in [-0.2, 0) is 0 Å². The summed E-state index contributed by atoms with van der Waals surface area (Å²) in [6, 6.07) is 8.24. The number of hydrogen-bond donors (Lipinski definition) is 0. The molecule has 0 aliphatic carbocycles. The molecule has 0 spiro atoms. The molecule has 23 heavy (non-hydrogen) atoms. The first-order chi connectivity index (χ1) is 11.1. The summed E-state index contributed by atoms with van der Waals surface area (Å²) in [5.41, 5.74) is 3.17. The van der Waals surface area contributed by atoms with E-state index < -0.39 is 0 Å². The minimum atomic E-state index is 0.649. The Morgan fingerprint density at radius 1 is 1.22 bits per heavy atom. The smallest absolute Gasteiger partial charge is 0.0942 e. The maximum absolute atomic E-state index is 4.51. The summed E-state index contributed by atoms with van der Waals surface area (Å²) in [7, 11) is 2.01. The normalized spacial score (nSPS) is 22.6. The van der Waals surface area contributed by atoms with Gasteiger partial charge in [0.05, 0.1) is 12.9 Å². The highest BCUT2D eigenvalue weighted by Gasteiger charge is 2.10. The lowest BCUT2D eigenvalue weighted by Gasteiger charge is -2.25. The van der Waals surface area contributed by atoms with Gasteiger partial charge in [-0.3, -0.25) is 4.99 Å². The average molecular weight is 372 g/mol. The lowest BCUT2D eigenvalue weighted by Crippen LogP contribution is -2.23. The van der Waals surface area contributed by atoms with Crippen LogP contribution in [0.1, 0.15) is 13.3 Å². The summed E-state index contributed by atoms with van der Waals surface area (Å²) in [6.07, 6.45) is 12.9. The van der Waals surface area contributed by atoms with E-state index in [0.29, 0.717) is 6.54 Å². The van der Waals surface area contributed by atoms with Crippen LogP contribution in [0.2, 0.25) is 0 Å². The van der Waals surface area contributed by atoms with E-state index in [1.54, 1.807) is 0 Å². The fraction of sp³-hybridized carbons (Fsp3) is 0.211. The van der Waals surface area contributed by atoms with Crippen LogP contribution in [0, 0.1) is 0 Å². The Balaban J connectivity index is 2.43. The van der Waals surface area contributed by atoms with Gasteiger partial charge in [0.15, 0.2) is 0 Å². The van der Waals surface area contributed by atoms with E-state index in [2.05, 4.69) is 57.7 Å². The Kier molecular flexibility index (Phi) is 6.41. The quantitative estimate of drug-likeness (QED) is 0.719. The number of hydrogen-bond acceptors (Lipinski definition) is 3. The number of aliphatic imine (C=N–C) groups is 1. The molecule has 0 N–H and O–H groups in total. The van der Waals surface area contributed by atoms with E-state index in [9.17, 15) is 0 Å². The zero-order chi connectivity index (χ0) is 16.7. The standard InChI is InChI=1S/C19H22BrN3/c1-4-18-14-22(3)16(2)8-6-5-7-13-21-15-23(18)19-11-9-17(20)10-12-19/h5-12,14-15H,2,4,13H2,1,3H3/b7-5-,8-6-,18-14-,21-15+. The van der Waals surface area contributed by atoms with Crippen LogP contribution in [0.5, 0.6) is 0 Å². The first-order valence-electron chi connectivity index (χ1n) is 7.62. The van der Waals surface area contributed by atoms with E-state index >= 15 is 0 Å². The second-order valence-corrected chi connectivity index (χ2v) is 6.11. The zero-order valence-electron chi connectivity index (χ0n) is 13.6. The highest BCUT2D eigenvalue weighted by atomic mass is 79.9. The first-order valence-corrected chi connectivity index (χ1v) is 8.41. The summed E-state index contributed by atoms with van der Waals surface area (Å²) >= 11 is 3.49. The van der Waals surface area contributed by atoms with Crippen molar-refractivity contribution in [3.05, 3.63) is 77.2 Å². The molecule has 0 amide bonds. The molecule has 0 radical (unpaired) electrons. The lowest BCUT2D eigenvalue weighted by atomic mass is 10.2. The second-order valence-electron chi connectivity index (χ2n) is 5.19. The summed E-state index contributed by atoms with van der Waals surface area (Å²) in [5, 5.41) is 0. The van der Waals surface area contributed by atoms with Gasteiger partial charge in [0, 0.05) is 34.8 Å². The number of likely N-dealkylation sites (N-methyl/N-ethyl adjacent to an activating group) is 1. The molecule has 0 saturated carbocycles. The molecule has 1 aliphatic rings. The van der Waals surface area contributed by atoms with Crippen molar-refractivity contribution in [1.82, 2.24) is 4.90 Å². The van der Waals surface area contributed by atoms with E-state index in [1.165, 1.54) is 0 Å². The molecule has 2 rings (SSSR count). The van der Waals surface area contributed by atoms with Gasteiger partial charge in [0.25, 0.3) is 0 Å². The van der Waals surface area contributed by atoms with Gasteiger partial charge in [0.2, 0.25) is 0 Å². The predicted octanol–water partition coefficient (Wildman–Crippen LogP) is 5.11. The topological polar surface area (TPSA) is 18.8 Å². The molecule has 0 bridgehead atoms. The molecule has 3 nitrogen and oxygen atoms in total. The van der Waals surface area contributed by atoms with Gasteiger partial charge in [-0.15, -0.1) is 0 Å². The van der Waals surface area contributed by atoms with Crippen LogP contribution in [0.4, 0.5) is 5.69 Å². The summed E-state index contributed by atoms with van der Waals surface area (Å²) in [6.45, 7) is 6.90. The van der Waals surface area contributed by atoms with Crippen molar-refractivity contribution in [2.24, 2.45) is 4.99 Å². The van der Waals surface area contributed by atoms with Crippen molar-refractivity contribution >= 4 is 28.0 Å². The van der Waals surface area contributed by atoms with Gasteiger partial charge in [-0.25, -0.2) is 0 Å². The number of anilines is 1. The third-order valence-corrected chi connectivity index (χ3v) is 4.04. The molecular formula is C19H22BrN3. The Morgan fingerprint density at radius 2 is 1.96 bits per heavy atom. The number of allylic oxidation sites excluding steroid dienone is 4. The SMILES string of the molecule is C=C1/C=C\C=C/C/N=C/N(c2ccc(Br)cc2)/C(CC)=C\N1C. The van der Waals surface area contributed by atoms with Crippen molar-refractivity contribution < 1.29 is 0 Å². The van der Waals surface area contributed by atoms with Crippen LogP contribution < -0.4 is 4.90 Å². The van der Waals surface area contributed by atoms with E-state index in [-0.39, 0.29) is 0 Å². The largest absolute Gasteiger partial charge is 0.350 e. The second kappa shape index (κ2) is 8.53. The van der Waals surface area contributed by atoms with Crippen molar-refractivity contribution in [2.75, 3.05) is 18.5 Å². The fourth-order valence-corrected chi connectivity index (χ4v) is 2.42. The third-order valence-electron chi connectivity index (χ3n) is 3.52. The molecular weight excluding hydrogens is 350 g/mol. The number of benzene rings is 1. The molecule has 120 valence electrons. The lowest BCUT2D eigenvalue weighted by molar-refractivity contribution is 0.581. The van der Waals surface area contributed by atoms with E-state index in [1.807, 2.05) is 54.7 Å². The van der Waals surface area contributed by atoms with Crippen molar-refractivity contribution in [1.29, 1.82) is 0 Å². The molecule has 0 aromatic heterocycles. The van der Waals surface area contributed by atoms with Gasteiger partial charge < -0.3 is 9.80 Å². The van der Waals surface area contributed by atoms with Crippen LogP contribution >= 0.6 is 15.9 Å². The van der Waals surface area contributed by atoms with Crippen LogP contribution in [0.15, 0.2) is 82.2 Å². The minimum absolute atomic E-state index is 0.649. The van der Waals surface area contributed by atoms with E-state index in [4.69, 9.17) is 0 Å². The monoisotopic (exact) mass is 371 g/mol. The van der Waals surface area contributed by atoms with Gasteiger partial charge in [-0.1, -0.05) is 47.7 Å². The third kappa shape index (κ3) is 4.96. The minimum Gasteiger partial charge on any atom is -0.350 e. The molecule has 1 aliphatic heterocycles. The summed E-state index contributed by atoms with van der Waals surface area (Å²) in [5.74, 6) is 0. The van der Waals surface area contributed by atoms with Gasteiger partial charge in [-0.2, -0.15) is 0 Å². The fourth-order valence-electron chi connectivity index (χ4n) is 2.15. The average Bonchev–Trinajstić information content (AvgIpc) is 2.55. The van der Waals surface area contributed by atoms with Crippen LogP contribution in [0.3, 0.4) is 0 Å². The Bertz CT molecular complexity index is 654. The van der Waals surface area contributed by atoms with E-state index in [0.717, 1.165) is 28.0 Å². The van der Waals surface area contributed by atoms with Crippen molar-refractivity contribution in [2.45, 2.75) is 13.3 Å². The molecule has 0 unspecified atom stereocenters. The van der Waals surface area contributed by atoms with Crippen molar-refractivity contribution in [3.63, 3.8) is 0 Å². The maximum Gasteiger partial charge on any atom is 0.0942 e. The number of nitrogens with zero attached hydrogens (tertiary/aromatic N) is 3. The maximum atomic E-state index is 4.51. The predicted molar refractivity (Wildman–Crippen MR) is 104 cm³/mol. The highest BCUT2D eigenvalue weighted by molar-refractivity contribution is 9.10. The van der Waals surface area contributed by atoms with Crippen LogP contribution in [-0.4, -0.2) is 24.8 Å². The number of halogens is 1. The molecule has 0 fully saturated rings. The first kappa shape index (κ1) is 17.3. The Labute approximate surface area is 147 Å². The summed E-state index contributed by atoms with van der Waals surface area (Å²) < 4.78 is 1.06. The zero-order valence-corrected chi connectivity index (χ0v) is 15.2. The van der Waals surface area contributed by atoms with Gasteiger partial charge in [0.1, 0.15) is 0 Å². The molecule has 1 heterocycles. The summed E-state index contributed by atoms with van der Waals surface area (Å²) in [4.78, 5) is 8.67. The van der Waals surface area contributed by atoms with Gasteiger partial charge >= 0.3 is 0 Å². The number of rotatable bonds is 2. The molecule has 0 saturated heterocycles. The highest BCUT2D eigenvalue weighted by Crippen LogP contribution is 2.23. The molecule has 4 heteroatoms. The Morgan fingerprint density at radius 3 is 2.65 bits per heavy atom. The molecule has 0 atom stereocenters. The van der Waals surface area contributed by atoms with Crippen LogP contribution in [0.25, 0.3) is 0 Å². The molecule has 1 aromatic rings. The van der Waals surface area contributed by atoms with Gasteiger partial charge in [-0.05, 0) is 36.8 Å².